The summed E-state index contributed by atoms with van der Waals surface area (Å²) in [5.41, 5.74) is 6.31. The first-order valence-electron chi connectivity index (χ1n) is 10.1. The van der Waals surface area contributed by atoms with Crippen LogP contribution in [0.1, 0.15) is 44.2 Å². The van der Waals surface area contributed by atoms with Gasteiger partial charge in [-0.25, -0.2) is 4.79 Å². The minimum atomic E-state index is -0.498. The lowest BCUT2D eigenvalue weighted by Gasteiger charge is -2.26. The monoisotopic (exact) mass is 409 g/mol. The highest BCUT2D eigenvalue weighted by Crippen LogP contribution is 2.38. The molecule has 0 bridgehead atoms. The van der Waals surface area contributed by atoms with Crippen molar-refractivity contribution in [3.05, 3.63) is 105 Å². The maximum absolute atomic E-state index is 13.3. The second kappa shape index (κ2) is 7.29. The molecule has 0 saturated carbocycles. The van der Waals surface area contributed by atoms with E-state index in [-0.39, 0.29) is 11.9 Å². The van der Waals surface area contributed by atoms with E-state index in [9.17, 15) is 14.9 Å². The molecular formula is C25H19N3O3. The fourth-order valence-electron chi connectivity index (χ4n) is 4.37. The first-order chi connectivity index (χ1) is 15.0. The summed E-state index contributed by atoms with van der Waals surface area (Å²) in [6, 6.07) is 21.0. The van der Waals surface area contributed by atoms with Crippen LogP contribution in [0.15, 0.2) is 69.9 Å². The molecule has 0 saturated heterocycles. The van der Waals surface area contributed by atoms with Gasteiger partial charge < -0.3 is 9.32 Å². The third-order valence-corrected chi connectivity index (χ3v) is 6.01. The lowest BCUT2D eigenvalue weighted by molar-refractivity contribution is 0.0709. The summed E-state index contributed by atoms with van der Waals surface area (Å²) in [4.78, 5) is 29.2. The number of rotatable bonds is 4. The zero-order valence-electron chi connectivity index (χ0n) is 16.9. The van der Waals surface area contributed by atoms with Crippen molar-refractivity contribution in [2.45, 2.75) is 25.9 Å². The molecule has 3 aromatic carbocycles. The van der Waals surface area contributed by atoms with Crippen LogP contribution in [0.5, 0.6) is 0 Å². The van der Waals surface area contributed by atoms with Gasteiger partial charge in [0.15, 0.2) is 5.58 Å². The SMILES string of the molecule is Cc1c(C#N)cccc1CC1c2ccccc2C(=O)N1Cc1ccc2[nH]c(=O)oc2c1. The largest absolute Gasteiger partial charge is 0.417 e. The van der Waals surface area contributed by atoms with Crippen LogP contribution in [0.25, 0.3) is 11.1 Å². The number of hydrogen-bond donors (Lipinski definition) is 1. The van der Waals surface area contributed by atoms with Crippen LogP contribution in [0.3, 0.4) is 0 Å². The number of nitriles is 1. The number of fused-ring (bicyclic) bond motifs is 2. The molecule has 1 aromatic heterocycles. The molecule has 4 aromatic rings. The molecule has 0 radical (unpaired) electrons. The lowest BCUT2D eigenvalue weighted by atomic mass is 9.93. The number of nitrogens with zero attached hydrogens (tertiary/aromatic N) is 2. The van der Waals surface area contributed by atoms with Crippen LogP contribution < -0.4 is 5.76 Å². The fourth-order valence-corrected chi connectivity index (χ4v) is 4.37. The first-order valence-corrected chi connectivity index (χ1v) is 10.1. The standard InChI is InChI=1S/C25H19N3O3/c1-15-17(5-4-6-18(15)13-26)12-22-19-7-2-3-8-20(19)24(29)28(22)14-16-9-10-21-23(11-16)31-25(30)27-21/h2-11,22H,12,14H2,1H3,(H,27,30). The molecule has 1 unspecified atom stereocenters. The van der Waals surface area contributed by atoms with Crippen LogP contribution in [0.2, 0.25) is 0 Å². The molecule has 1 N–H and O–H groups in total. The van der Waals surface area contributed by atoms with Gasteiger partial charge in [-0.2, -0.15) is 5.26 Å². The van der Waals surface area contributed by atoms with Crippen LogP contribution in [0.4, 0.5) is 0 Å². The molecule has 31 heavy (non-hydrogen) atoms. The van der Waals surface area contributed by atoms with Crippen molar-refractivity contribution in [1.29, 1.82) is 5.26 Å². The fraction of sp³-hybridized carbons (Fsp3) is 0.160. The highest BCUT2D eigenvalue weighted by atomic mass is 16.4. The van der Waals surface area contributed by atoms with E-state index >= 15 is 0 Å². The number of carbonyl (C=O) groups excluding carboxylic acids is 1. The maximum atomic E-state index is 13.3. The van der Waals surface area contributed by atoms with Gasteiger partial charge in [0, 0.05) is 12.1 Å². The summed E-state index contributed by atoms with van der Waals surface area (Å²) >= 11 is 0. The molecule has 0 spiro atoms. The van der Waals surface area contributed by atoms with Gasteiger partial charge in [0.2, 0.25) is 0 Å². The number of nitrogens with one attached hydrogen (secondary N) is 1. The summed E-state index contributed by atoms with van der Waals surface area (Å²) in [5, 5.41) is 9.39. The summed E-state index contributed by atoms with van der Waals surface area (Å²) in [7, 11) is 0. The van der Waals surface area contributed by atoms with Crippen molar-refractivity contribution in [3.63, 3.8) is 0 Å². The number of aromatic nitrogens is 1. The van der Waals surface area contributed by atoms with E-state index in [2.05, 4.69) is 11.1 Å². The Bertz CT molecular complexity index is 1420. The van der Waals surface area contributed by atoms with Crippen molar-refractivity contribution < 1.29 is 9.21 Å². The van der Waals surface area contributed by atoms with Crippen LogP contribution in [-0.4, -0.2) is 15.8 Å². The Balaban J connectivity index is 1.53. The second-order valence-electron chi connectivity index (χ2n) is 7.79. The predicted molar refractivity (Wildman–Crippen MR) is 115 cm³/mol. The van der Waals surface area contributed by atoms with Crippen LogP contribution in [0, 0.1) is 18.3 Å². The van der Waals surface area contributed by atoms with E-state index in [1.54, 1.807) is 12.1 Å². The van der Waals surface area contributed by atoms with Crippen molar-refractivity contribution in [1.82, 2.24) is 9.88 Å². The Labute approximate surface area is 178 Å². The summed E-state index contributed by atoms with van der Waals surface area (Å²) in [6.45, 7) is 2.34. The van der Waals surface area contributed by atoms with E-state index in [0.29, 0.717) is 35.2 Å². The normalized spacial score (nSPS) is 15.3. The number of aromatic amines is 1. The number of hydrogen-bond acceptors (Lipinski definition) is 4. The molecular weight excluding hydrogens is 390 g/mol. The summed E-state index contributed by atoms with van der Waals surface area (Å²) < 4.78 is 5.18. The van der Waals surface area contributed by atoms with Crippen molar-refractivity contribution in [2.75, 3.05) is 0 Å². The highest BCUT2D eigenvalue weighted by Gasteiger charge is 2.36. The van der Waals surface area contributed by atoms with Gasteiger partial charge in [0.25, 0.3) is 5.91 Å². The molecule has 1 amide bonds. The second-order valence-corrected chi connectivity index (χ2v) is 7.79. The highest BCUT2D eigenvalue weighted by molar-refractivity contribution is 5.99. The Morgan fingerprint density at radius 2 is 1.94 bits per heavy atom. The minimum Gasteiger partial charge on any atom is -0.408 e. The molecule has 0 aliphatic carbocycles. The van der Waals surface area contributed by atoms with E-state index in [0.717, 1.165) is 22.3 Å². The topological polar surface area (TPSA) is 90.1 Å². The molecule has 2 heterocycles. The van der Waals surface area contributed by atoms with E-state index in [4.69, 9.17) is 4.42 Å². The predicted octanol–water partition coefficient (Wildman–Crippen LogP) is 4.24. The van der Waals surface area contributed by atoms with Gasteiger partial charge in [-0.3, -0.25) is 9.78 Å². The zero-order chi connectivity index (χ0) is 21.5. The third kappa shape index (κ3) is 3.21. The lowest BCUT2D eigenvalue weighted by Crippen LogP contribution is -2.29. The summed E-state index contributed by atoms with van der Waals surface area (Å²) in [5.74, 6) is -0.521. The first kappa shape index (κ1) is 18.9. The molecule has 1 aliphatic heterocycles. The zero-order valence-corrected chi connectivity index (χ0v) is 16.9. The molecule has 152 valence electrons. The number of benzene rings is 3. The Morgan fingerprint density at radius 1 is 1.10 bits per heavy atom. The maximum Gasteiger partial charge on any atom is 0.417 e. The van der Waals surface area contributed by atoms with Crippen molar-refractivity contribution in [2.24, 2.45) is 0 Å². The van der Waals surface area contributed by atoms with E-state index < -0.39 is 5.76 Å². The molecule has 6 heteroatoms. The number of carbonyl (C=O) groups is 1. The van der Waals surface area contributed by atoms with E-state index in [1.165, 1.54) is 0 Å². The Hall–Kier alpha value is -4.11. The van der Waals surface area contributed by atoms with Crippen LogP contribution in [-0.2, 0) is 13.0 Å². The molecule has 1 atom stereocenters. The third-order valence-electron chi connectivity index (χ3n) is 6.01. The van der Waals surface area contributed by atoms with Crippen molar-refractivity contribution >= 4 is 17.0 Å². The quantitative estimate of drug-likeness (QED) is 0.546. The average Bonchev–Trinajstić information content (AvgIpc) is 3.27. The van der Waals surface area contributed by atoms with Crippen molar-refractivity contribution in [3.8, 4) is 6.07 Å². The van der Waals surface area contributed by atoms with Crippen LogP contribution >= 0.6 is 0 Å². The van der Waals surface area contributed by atoms with Gasteiger partial charge in [0.05, 0.1) is 23.2 Å². The summed E-state index contributed by atoms with van der Waals surface area (Å²) in [6.07, 6.45) is 0.617. The van der Waals surface area contributed by atoms with Gasteiger partial charge in [-0.15, -0.1) is 0 Å². The van der Waals surface area contributed by atoms with Gasteiger partial charge in [0.1, 0.15) is 0 Å². The Morgan fingerprint density at radius 3 is 2.77 bits per heavy atom. The Kier molecular flexibility index (Phi) is 4.45. The molecule has 1 aliphatic rings. The van der Waals surface area contributed by atoms with Gasteiger partial charge >= 0.3 is 5.76 Å². The minimum absolute atomic E-state index is 0.0229. The van der Waals surface area contributed by atoms with Gasteiger partial charge in [-0.05, 0) is 59.9 Å². The van der Waals surface area contributed by atoms with Gasteiger partial charge in [-0.1, -0.05) is 36.4 Å². The smallest absolute Gasteiger partial charge is 0.408 e. The average molecular weight is 409 g/mol. The number of amides is 1. The molecule has 6 nitrogen and oxygen atoms in total. The van der Waals surface area contributed by atoms with E-state index in [1.807, 2.05) is 60.4 Å². The number of oxazole rings is 1. The molecule has 5 rings (SSSR count). The molecule has 0 fully saturated rings. The number of H-pyrrole nitrogens is 1.